The molecular weight excluding hydrogens is 486 g/mol. The Morgan fingerprint density at radius 2 is 2.03 bits per heavy atom. The lowest BCUT2D eigenvalue weighted by Crippen LogP contribution is -2.42. The minimum atomic E-state index is -1.03. The molecule has 11 heteroatoms. The number of benzene rings is 1. The summed E-state index contributed by atoms with van der Waals surface area (Å²) in [5, 5.41) is 13.8. The van der Waals surface area contributed by atoms with Gasteiger partial charge in [-0.05, 0) is 39.3 Å². The third-order valence-corrected chi connectivity index (χ3v) is 6.99. The molecule has 0 spiro atoms. The lowest BCUT2D eigenvalue weighted by molar-refractivity contribution is -0.0794. The van der Waals surface area contributed by atoms with E-state index >= 15 is 0 Å². The van der Waals surface area contributed by atoms with Gasteiger partial charge in [-0.25, -0.2) is 14.6 Å². The number of methoxy groups -OCH3 is 1. The van der Waals surface area contributed by atoms with Crippen LogP contribution in [0.4, 0.5) is 4.79 Å². The van der Waals surface area contributed by atoms with Gasteiger partial charge in [0.25, 0.3) is 0 Å². The lowest BCUT2D eigenvalue weighted by atomic mass is 10.1. The fourth-order valence-electron chi connectivity index (χ4n) is 4.16. The molecular formula is C25H33N3O7S. The molecule has 2 aromatic rings. The van der Waals surface area contributed by atoms with Gasteiger partial charge in [-0.1, -0.05) is 12.1 Å². The highest BCUT2D eigenvalue weighted by atomic mass is 32.1. The Hall–Kier alpha value is -2.73. The van der Waals surface area contributed by atoms with Crippen molar-refractivity contribution in [3.05, 3.63) is 34.8 Å². The summed E-state index contributed by atoms with van der Waals surface area (Å²) in [6.45, 7) is 7.64. The molecule has 2 atom stereocenters. The number of carbonyl (C=O) groups excluding carboxylic acids is 1. The molecule has 2 aliphatic heterocycles. The average Bonchev–Trinajstić information content (AvgIpc) is 3.39. The van der Waals surface area contributed by atoms with Gasteiger partial charge in [-0.15, -0.1) is 11.3 Å². The van der Waals surface area contributed by atoms with Crippen molar-refractivity contribution >= 4 is 23.4 Å². The van der Waals surface area contributed by atoms with Crippen LogP contribution in [0, 0.1) is 0 Å². The summed E-state index contributed by atoms with van der Waals surface area (Å²) in [7, 11) is 1.60. The highest BCUT2D eigenvalue weighted by Gasteiger charge is 2.37. The van der Waals surface area contributed by atoms with Gasteiger partial charge in [-0.3, -0.25) is 0 Å². The second kappa shape index (κ2) is 11.1. The predicted octanol–water partition coefficient (Wildman–Crippen LogP) is 3.40. The van der Waals surface area contributed by atoms with E-state index in [0.717, 1.165) is 16.9 Å². The van der Waals surface area contributed by atoms with E-state index in [1.807, 2.05) is 45.0 Å². The average molecular weight is 520 g/mol. The molecule has 1 aromatic heterocycles. The van der Waals surface area contributed by atoms with Crippen LogP contribution in [-0.4, -0.2) is 84.3 Å². The predicted molar refractivity (Wildman–Crippen MR) is 134 cm³/mol. The normalized spacial score (nSPS) is 20.3. The lowest BCUT2D eigenvalue weighted by Gasteiger charge is -2.28. The number of hydrogen-bond acceptors (Lipinski definition) is 9. The molecule has 1 aromatic carbocycles. The Morgan fingerprint density at radius 1 is 1.28 bits per heavy atom. The van der Waals surface area contributed by atoms with Crippen LogP contribution < -0.4 is 10.1 Å². The molecule has 0 aliphatic carbocycles. The molecule has 2 saturated heterocycles. The molecule has 0 bridgehead atoms. The first-order valence-electron chi connectivity index (χ1n) is 11.9. The number of rotatable bonds is 9. The summed E-state index contributed by atoms with van der Waals surface area (Å²) in [5.74, 6) is -0.373. The third-order valence-electron chi connectivity index (χ3n) is 5.87. The van der Waals surface area contributed by atoms with E-state index in [1.54, 1.807) is 12.0 Å². The van der Waals surface area contributed by atoms with E-state index in [1.165, 1.54) is 0 Å². The number of thiazole rings is 1. The zero-order valence-corrected chi connectivity index (χ0v) is 21.8. The molecule has 36 heavy (non-hydrogen) atoms. The quantitative estimate of drug-likeness (QED) is 0.514. The van der Waals surface area contributed by atoms with Crippen molar-refractivity contribution in [3.63, 3.8) is 0 Å². The van der Waals surface area contributed by atoms with Gasteiger partial charge in [0, 0.05) is 26.2 Å². The van der Waals surface area contributed by atoms with Crippen LogP contribution >= 0.6 is 11.3 Å². The monoisotopic (exact) mass is 519 g/mol. The first-order chi connectivity index (χ1) is 17.1. The Labute approximate surface area is 214 Å². The molecule has 196 valence electrons. The number of carboxylic acid groups (broad SMARTS) is 1. The number of aromatic carboxylic acids is 1. The van der Waals surface area contributed by atoms with E-state index in [-0.39, 0.29) is 35.7 Å². The maximum Gasteiger partial charge on any atom is 0.410 e. The zero-order valence-electron chi connectivity index (χ0n) is 21.0. The van der Waals surface area contributed by atoms with Crippen LogP contribution in [0.1, 0.15) is 42.6 Å². The van der Waals surface area contributed by atoms with Crippen molar-refractivity contribution in [2.45, 2.75) is 57.5 Å². The summed E-state index contributed by atoms with van der Waals surface area (Å²) in [6, 6.07) is 7.29. The van der Waals surface area contributed by atoms with Gasteiger partial charge < -0.3 is 34.3 Å². The summed E-state index contributed by atoms with van der Waals surface area (Å²) in [5.41, 5.74) is 0.600. The largest absolute Gasteiger partial charge is 0.485 e. The maximum absolute atomic E-state index is 12.7. The van der Waals surface area contributed by atoms with Crippen molar-refractivity contribution in [2.75, 3.05) is 33.5 Å². The minimum Gasteiger partial charge on any atom is -0.485 e. The first kappa shape index (κ1) is 26.3. The Bertz CT molecular complexity index is 1080. The van der Waals surface area contributed by atoms with E-state index in [2.05, 4.69) is 10.3 Å². The zero-order chi connectivity index (χ0) is 25.9. The van der Waals surface area contributed by atoms with Gasteiger partial charge in [0.05, 0.1) is 37.1 Å². The van der Waals surface area contributed by atoms with Crippen molar-refractivity contribution in [3.8, 4) is 16.3 Å². The fraction of sp³-hybridized carbons (Fsp3) is 0.560. The number of nitrogens with zero attached hydrogens (tertiary/aromatic N) is 2. The summed E-state index contributed by atoms with van der Waals surface area (Å²) in [6.07, 6.45) is 0.262. The smallest absolute Gasteiger partial charge is 0.410 e. The molecule has 1 amide bonds. The fourth-order valence-corrected chi connectivity index (χ4v) is 5.11. The number of ether oxygens (including phenoxy) is 4. The van der Waals surface area contributed by atoms with Crippen LogP contribution in [0.2, 0.25) is 0 Å². The van der Waals surface area contributed by atoms with Crippen molar-refractivity contribution < 1.29 is 33.6 Å². The minimum absolute atomic E-state index is 0.0125. The second-order valence-corrected chi connectivity index (χ2v) is 10.9. The van der Waals surface area contributed by atoms with Gasteiger partial charge in [0.15, 0.2) is 0 Å². The number of amides is 1. The molecule has 10 nitrogen and oxygen atoms in total. The van der Waals surface area contributed by atoms with Crippen molar-refractivity contribution in [1.82, 2.24) is 15.2 Å². The van der Waals surface area contributed by atoms with Crippen molar-refractivity contribution in [1.29, 1.82) is 0 Å². The topological polar surface area (TPSA) is 119 Å². The molecule has 0 saturated carbocycles. The second-order valence-electron chi connectivity index (χ2n) is 9.93. The number of likely N-dealkylation sites (tertiary alicyclic amines) is 1. The summed E-state index contributed by atoms with van der Waals surface area (Å²) < 4.78 is 22.1. The molecule has 2 N–H and O–H groups in total. The van der Waals surface area contributed by atoms with Crippen LogP contribution in [0.15, 0.2) is 24.3 Å². The highest BCUT2D eigenvalue weighted by Crippen LogP contribution is 2.36. The Kier molecular flexibility index (Phi) is 8.13. The summed E-state index contributed by atoms with van der Waals surface area (Å²) in [4.78, 5) is 31.2. The molecule has 2 aliphatic rings. The van der Waals surface area contributed by atoms with Gasteiger partial charge >= 0.3 is 12.1 Å². The number of aromatic nitrogens is 1. The number of para-hydroxylation sites is 1. The van der Waals surface area contributed by atoms with E-state index < -0.39 is 11.6 Å². The van der Waals surface area contributed by atoms with Crippen LogP contribution in [0.25, 0.3) is 10.6 Å². The number of carboxylic acids is 1. The van der Waals surface area contributed by atoms with E-state index in [9.17, 15) is 14.7 Å². The molecule has 0 radical (unpaired) electrons. The third kappa shape index (κ3) is 6.33. The first-order valence-corrected chi connectivity index (χ1v) is 12.7. The van der Waals surface area contributed by atoms with E-state index in [4.69, 9.17) is 18.9 Å². The van der Waals surface area contributed by atoms with Crippen LogP contribution in [-0.2, 0) is 20.8 Å². The van der Waals surface area contributed by atoms with E-state index in [0.29, 0.717) is 49.2 Å². The Morgan fingerprint density at radius 3 is 2.67 bits per heavy atom. The standard InChI is InChI=1S/C25H33N3O7S/c1-25(2,3)35-24(31)28-11-15(9-16(28)12-32-4)26-10-19-21(23(29)30)36-22(27-19)18-7-5-6-8-20(18)34-17-13-33-14-17/h5-8,15-17,26H,9-14H2,1-4H3,(H,29,30)/t15-,16+/m1/s1. The molecule has 4 rings (SSSR count). The van der Waals surface area contributed by atoms with Gasteiger partial charge in [0.1, 0.15) is 27.3 Å². The highest BCUT2D eigenvalue weighted by molar-refractivity contribution is 7.17. The SMILES string of the molecule is COC[C@@H]1C[C@@H](NCc2nc(-c3ccccc3OC3COC3)sc2C(=O)O)CN1C(=O)OC(C)(C)C. The van der Waals surface area contributed by atoms with Crippen LogP contribution in [0.5, 0.6) is 5.75 Å². The van der Waals surface area contributed by atoms with Crippen LogP contribution in [0.3, 0.4) is 0 Å². The Balaban J connectivity index is 1.47. The van der Waals surface area contributed by atoms with Gasteiger partial charge in [-0.2, -0.15) is 0 Å². The van der Waals surface area contributed by atoms with Gasteiger partial charge in [0.2, 0.25) is 0 Å². The molecule has 2 fully saturated rings. The van der Waals surface area contributed by atoms with Crippen molar-refractivity contribution in [2.24, 2.45) is 0 Å². The summed E-state index contributed by atoms with van der Waals surface area (Å²) >= 11 is 1.12. The molecule has 0 unspecified atom stereocenters. The number of hydrogen-bond donors (Lipinski definition) is 2. The number of carbonyl (C=O) groups is 2. The molecule has 3 heterocycles. The number of nitrogens with one attached hydrogen (secondary N) is 1. The maximum atomic E-state index is 12.7.